The molecule has 0 atom stereocenters. The van der Waals surface area contributed by atoms with Crippen molar-refractivity contribution in [3.8, 4) is 24.7 Å². The van der Waals surface area contributed by atoms with Gasteiger partial charge >= 0.3 is 0 Å². The van der Waals surface area contributed by atoms with E-state index in [1.54, 1.807) is 24.3 Å². The molecule has 9 rings (SSSR count). The van der Waals surface area contributed by atoms with Crippen LogP contribution in [0.3, 0.4) is 0 Å². The van der Waals surface area contributed by atoms with Gasteiger partial charge in [-0.25, -0.2) is 9.80 Å². The van der Waals surface area contributed by atoms with Gasteiger partial charge in [-0.05, 0) is 81.0 Å². The van der Waals surface area contributed by atoms with Crippen molar-refractivity contribution < 1.29 is 19.2 Å². The molecule has 2 heterocycles. The minimum absolute atomic E-state index is 0.0428. The van der Waals surface area contributed by atoms with Crippen LogP contribution in [0.2, 0.25) is 0 Å². The van der Waals surface area contributed by atoms with Gasteiger partial charge in [-0.15, -0.1) is 12.8 Å². The molecule has 0 aromatic heterocycles. The number of amides is 4. The Balaban J connectivity index is 1.37. The normalized spacial score (nSPS) is 14.2. The third-order valence-corrected chi connectivity index (χ3v) is 12.3. The standard InChI is InChI=1S/C52H42N2O4/c1-11-29-23-39-43-37(49(55)53(51(39)57)47-31(25(3)4)15-13-16-32(47)26(5)6)22-20-36-42-30(12-2)24-40-44-38(21-19-35(46(42)44)41(29)45(36)43)50(56)54(52(40)58)48-33(27(7)8)17-14-18-34(48)28(9)10/h1-2,13-28H,3-10H3. The van der Waals surface area contributed by atoms with Gasteiger partial charge in [0.05, 0.1) is 22.5 Å². The van der Waals surface area contributed by atoms with Crippen LogP contribution in [-0.4, -0.2) is 23.6 Å². The number of anilines is 2. The summed E-state index contributed by atoms with van der Waals surface area (Å²) < 4.78 is 0. The highest BCUT2D eigenvalue weighted by atomic mass is 16.2. The van der Waals surface area contributed by atoms with Gasteiger partial charge in [0.15, 0.2) is 0 Å². The highest BCUT2D eigenvalue weighted by Gasteiger charge is 2.41. The monoisotopic (exact) mass is 758 g/mol. The van der Waals surface area contributed by atoms with Crippen molar-refractivity contribution in [2.75, 3.05) is 9.80 Å². The van der Waals surface area contributed by atoms with Crippen molar-refractivity contribution in [3.63, 3.8) is 0 Å². The number of carbonyl (C=O) groups excluding carboxylic acids is 4. The third kappa shape index (κ3) is 4.75. The first-order valence-corrected chi connectivity index (χ1v) is 20.0. The van der Waals surface area contributed by atoms with Crippen LogP contribution >= 0.6 is 0 Å². The first kappa shape index (κ1) is 36.9. The molecule has 0 saturated carbocycles. The summed E-state index contributed by atoms with van der Waals surface area (Å²) in [6.45, 7) is 16.4. The molecule has 0 bridgehead atoms. The fraction of sp³-hybridized carbons (Fsp3) is 0.231. The predicted molar refractivity (Wildman–Crippen MR) is 235 cm³/mol. The number of para-hydroxylation sites is 2. The molecular weight excluding hydrogens is 717 g/mol. The fourth-order valence-electron chi connectivity index (χ4n) is 9.64. The molecule has 0 radical (unpaired) electrons. The summed E-state index contributed by atoms with van der Waals surface area (Å²) in [6.07, 6.45) is 12.7. The number of hydrogen-bond acceptors (Lipinski definition) is 4. The molecule has 6 nitrogen and oxygen atoms in total. The summed E-state index contributed by atoms with van der Waals surface area (Å²) in [4.78, 5) is 62.2. The molecule has 284 valence electrons. The summed E-state index contributed by atoms with van der Waals surface area (Å²) in [6, 6.07) is 22.6. The molecule has 7 aromatic rings. The molecule has 2 aliphatic rings. The maximum atomic E-state index is 14.9. The van der Waals surface area contributed by atoms with Gasteiger partial charge in [-0.3, -0.25) is 19.2 Å². The van der Waals surface area contributed by atoms with E-state index < -0.39 is 23.6 Å². The van der Waals surface area contributed by atoms with Crippen molar-refractivity contribution >= 4 is 78.1 Å². The van der Waals surface area contributed by atoms with Crippen LogP contribution in [0.25, 0.3) is 43.1 Å². The molecular formula is C52H42N2O4. The van der Waals surface area contributed by atoms with Gasteiger partial charge in [0.2, 0.25) is 0 Å². The molecule has 7 aromatic carbocycles. The van der Waals surface area contributed by atoms with Gasteiger partial charge < -0.3 is 0 Å². The van der Waals surface area contributed by atoms with Crippen molar-refractivity contribution in [1.82, 2.24) is 0 Å². The first-order valence-electron chi connectivity index (χ1n) is 20.0. The average molecular weight is 759 g/mol. The van der Waals surface area contributed by atoms with Gasteiger partial charge in [-0.2, -0.15) is 0 Å². The van der Waals surface area contributed by atoms with Crippen molar-refractivity contribution in [2.45, 2.75) is 79.1 Å². The van der Waals surface area contributed by atoms with E-state index in [0.717, 1.165) is 22.3 Å². The highest BCUT2D eigenvalue weighted by molar-refractivity contribution is 6.46. The Morgan fingerprint density at radius 1 is 0.414 bits per heavy atom. The van der Waals surface area contributed by atoms with Gasteiger partial charge in [0, 0.05) is 54.6 Å². The molecule has 58 heavy (non-hydrogen) atoms. The fourth-order valence-corrected chi connectivity index (χ4v) is 9.64. The molecule has 0 aliphatic carbocycles. The van der Waals surface area contributed by atoms with E-state index in [-0.39, 0.29) is 23.7 Å². The van der Waals surface area contributed by atoms with E-state index in [2.05, 4.69) is 67.2 Å². The van der Waals surface area contributed by atoms with Crippen molar-refractivity contribution in [2.24, 2.45) is 0 Å². The van der Waals surface area contributed by atoms with Crippen LogP contribution < -0.4 is 9.80 Å². The minimum atomic E-state index is -0.445. The van der Waals surface area contributed by atoms with Crippen LogP contribution in [0.15, 0.2) is 72.8 Å². The lowest BCUT2D eigenvalue weighted by atomic mass is 9.79. The van der Waals surface area contributed by atoms with Gasteiger partial charge in [-0.1, -0.05) is 116 Å². The Bertz CT molecular complexity index is 2870. The van der Waals surface area contributed by atoms with Crippen LogP contribution in [-0.2, 0) is 0 Å². The minimum Gasteiger partial charge on any atom is -0.268 e. The third-order valence-electron chi connectivity index (χ3n) is 12.3. The van der Waals surface area contributed by atoms with Crippen molar-refractivity contribution in [3.05, 3.63) is 128 Å². The number of imide groups is 2. The summed E-state index contributed by atoms with van der Waals surface area (Å²) in [5, 5.41) is 5.02. The molecule has 4 amide bonds. The molecule has 6 heteroatoms. The smallest absolute Gasteiger partial charge is 0.266 e. The largest absolute Gasteiger partial charge is 0.268 e. The quantitative estimate of drug-likeness (QED) is 0.0732. The Labute approximate surface area is 338 Å². The molecule has 0 fully saturated rings. The second-order valence-electron chi connectivity index (χ2n) is 16.9. The topological polar surface area (TPSA) is 74.8 Å². The van der Waals surface area contributed by atoms with Gasteiger partial charge in [0.1, 0.15) is 0 Å². The number of rotatable bonds is 6. The second-order valence-corrected chi connectivity index (χ2v) is 16.9. The number of hydrogen-bond donors (Lipinski definition) is 0. The van der Waals surface area contributed by atoms with E-state index in [0.29, 0.717) is 87.8 Å². The van der Waals surface area contributed by atoms with Crippen LogP contribution in [0.5, 0.6) is 0 Å². The molecule has 2 aliphatic heterocycles. The molecule has 0 spiro atoms. The SMILES string of the molecule is C#Cc1cc2c3c(ccc4c5c(C#C)cc6c7c(ccc(c1c34)c75)C(=O)N(c1c(C(C)C)cccc1C(C)C)C6=O)C(=O)N(c1c(C(C)C)cccc1C(C)C)C2=O. The zero-order valence-electron chi connectivity index (χ0n) is 33.9. The van der Waals surface area contributed by atoms with E-state index in [4.69, 9.17) is 12.8 Å². The Hall–Kier alpha value is -6.76. The summed E-state index contributed by atoms with van der Waals surface area (Å²) >= 11 is 0. The maximum Gasteiger partial charge on any atom is 0.266 e. The zero-order chi connectivity index (χ0) is 41.2. The Kier molecular flexibility index (Phi) is 8.19. The predicted octanol–water partition coefficient (Wildman–Crippen LogP) is 11.8. The second kappa shape index (κ2) is 12.9. The summed E-state index contributed by atoms with van der Waals surface area (Å²) in [5.41, 5.74) is 7.20. The number of benzene rings is 7. The zero-order valence-corrected chi connectivity index (χ0v) is 33.9. The van der Waals surface area contributed by atoms with Crippen LogP contribution in [0.4, 0.5) is 11.4 Å². The molecule has 0 N–H and O–H groups in total. The Morgan fingerprint density at radius 3 is 1.02 bits per heavy atom. The molecule has 0 unspecified atom stereocenters. The van der Waals surface area contributed by atoms with E-state index in [1.807, 2.05) is 48.5 Å². The number of fused-ring (bicyclic) bond motifs is 2. The van der Waals surface area contributed by atoms with Gasteiger partial charge in [0.25, 0.3) is 23.6 Å². The summed E-state index contributed by atoms with van der Waals surface area (Å²) in [7, 11) is 0. The first-order chi connectivity index (χ1) is 27.7. The van der Waals surface area contributed by atoms with E-state index >= 15 is 0 Å². The number of terminal acetylenes is 2. The van der Waals surface area contributed by atoms with E-state index in [9.17, 15) is 19.2 Å². The van der Waals surface area contributed by atoms with Crippen LogP contribution in [0, 0.1) is 24.7 Å². The van der Waals surface area contributed by atoms with Crippen LogP contribution in [0.1, 0.15) is 154 Å². The Morgan fingerprint density at radius 2 is 0.724 bits per heavy atom. The number of carbonyl (C=O) groups is 4. The lowest BCUT2D eigenvalue weighted by Gasteiger charge is -2.34. The highest BCUT2D eigenvalue weighted by Crippen LogP contribution is 2.50. The number of nitrogens with zero attached hydrogens (tertiary/aromatic N) is 2. The maximum absolute atomic E-state index is 14.9. The lowest BCUT2D eigenvalue weighted by Crippen LogP contribution is -2.42. The van der Waals surface area contributed by atoms with Crippen molar-refractivity contribution in [1.29, 1.82) is 0 Å². The lowest BCUT2D eigenvalue weighted by molar-refractivity contribution is 0.0877. The summed E-state index contributed by atoms with van der Waals surface area (Å²) in [5.74, 6) is 4.19. The van der Waals surface area contributed by atoms with E-state index in [1.165, 1.54) is 9.80 Å². The molecule has 0 saturated heterocycles. The average Bonchev–Trinajstić information content (AvgIpc) is 3.20.